The Bertz CT molecular complexity index is 1120. The summed E-state index contributed by atoms with van der Waals surface area (Å²) in [5.74, 6) is 0.938. The van der Waals surface area contributed by atoms with E-state index in [0.29, 0.717) is 6.42 Å². The van der Waals surface area contributed by atoms with Crippen molar-refractivity contribution < 1.29 is 4.79 Å². The predicted molar refractivity (Wildman–Crippen MR) is 114 cm³/mol. The average molecular weight is 371 g/mol. The number of fused-ring (bicyclic) bond motifs is 2. The second kappa shape index (κ2) is 7.85. The number of hydrogen-bond donors (Lipinski definition) is 1. The van der Waals surface area contributed by atoms with E-state index in [0.717, 1.165) is 23.3 Å². The molecule has 0 fully saturated rings. The van der Waals surface area contributed by atoms with E-state index in [-0.39, 0.29) is 18.5 Å². The molecular weight excluding hydrogens is 346 g/mol. The summed E-state index contributed by atoms with van der Waals surface area (Å²) < 4.78 is 2.05. The standard InChI is InChI=1S/C24H25N3O/c1-3-17(2)25-24(28)16-27-22-14-7-6-13-21(22)26-23(27)15-19-11-8-10-18-9-4-5-12-20(18)19/h4-14,17H,3,15-16H2,1-2H3,(H,25,28). The molecule has 142 valence electrons. The van der Waals surface area contributed by atoms with Gasteiger partial charge in [-0.2, -0.15) is 0 Å². The molecule has 0 spiro atoms. The molecule has 0 aliphatic rings. The lowest BCUT2D eigenvalue weighted by molar-refractivity contribution is -0.122. The van der Waals surface area contributed by atoms with E-state index in [1.165, 1.54) is 16.3 Å². The smallest absolute Gasteiger partial charge is 0.240 e. The molecular formula is C24H25N3O. The molecule has 0 saturated carbocycles. The zero-order valence-electron chi connectivity index (χ0n) is 16.4. The van der Waals surface area contributed by atoms with Crippen molar-refractivity contribution in [3.8, 4) is 0 Å². The monoisotopic (exact) mass is 371 g/mol. The summed E-state index contributed by atoms with van der Waals surface area (Å²) in [6, 6.07) is 22.9. The zero-order chi connectivity index (χ0) is 19.5. The normalized spacial score (nSPS) is 12.4. The molecule has 4 aromatic rings. The van der Waals surface area contributed by atoms with Crippen LogP contribution in [0.1, 0.15) is 31.7 Å². The maximum Gasteiger partial charge on any atom is 0.240 e. The lowest BCUT2D eigenvalue weighted by Crippen LogP contribution is -2.34. The fourth-order valence-electron chi connectivity index (χ4n) is 3.62. The summed E-state index contributed by atoms with van der Waals surface area (Å²) in [7, 11) is 0. The van der Waals surface area contributed by atoms with E-state index >= 15 is 0 Å². The quantitative estimate of drug-likeness (QED) is 0.534. The van der Waals surface area contributed by atoms with Crippen molar-refractivity contribution in [3.05, 3.63) is 78.1 Å². The largest absolute Gasteiger partial charge is 0.352 e. The lowest BCUT2D eigenvalue weighted by Gasteiger charge is -2.14. The molecule has 4 heteroatoms. The maximum atomic E-state index is 12.6. The van der Waals surface area contributed by atoms with Crippen LogP contribution >= 0.6 is 0 Å². The minimum absolute atomic E-state index is 0.0247. The minimum atomic E-state index is 0.0247. The van der Waals surface area contributed by atoms with Crippen LogP contribution in [-0.2, 0) is 17.8 Å². The summed E-state index contributed by atoms with van der Waals surface area (Å²) in [5, 5.41) is 5.51. The number of hydrogen-bond acceptors (Lipinski definition) is 2. The molecule has 0 saturated heterocycles. The molecule has 0 radical (unpaired) electrons. The maximum absolute atomic E-state index is 12.6. The molecule has 0 bridgehead atoms. The fraction of sp³-hybridized carbons (Fsp3) is 0.250. The highest BCUT2D eigenvalue weighted by Gasteiger charge is 2.15. The van der Waals surface area contributed by atoms with Crippen molar-refractivity contribution in [2.75, 3.05) is 0 Å². The highest BCUT2D eigenvalue weighted by Crippen LogP contribution is 2.23. The molecule has 1 aromatic heterocycles. The first-order valence-electron chi connectivity index (χ1n) is 9.86. The highest BCUT2D eigenvalue weighted by atomic mass is 16.2. The molecule has 4 rings (SSSR count). The van der Waals surface area contributed by atoms with Gasteiger partial charge in [0, 0.05) is 12.5 Å². The van der Waals surface area contributed by atoms with Gasteiger partial charge in [0.15, 0.2) is 0 Å². The topological polar surface area (TPSA) is 46.9 Å². The van der Waals surface area contributed by atoms with Gasteiger partial charge in [0.2, 0.25) is 5.91 Å². The van der Waals surface area contributed by atoms with Crippen LogP contribution in [0.3, 0.4) is 0 Å². The third-order valence-electron chi connectivity index (χ3n) is 5.28. The SMILES string of the molecule is CCC(C)NC(=O)Cn1c(Cc2cccc3ccccc23)nc2ccccc21. The number of carbonyl (C=O) groups excluding carboxylic acids is 1. The molecule has 4 nitrogen and oxygen atoms in total. The number of nitrogens with zero attached hydrogens (tertiary/aromatic N) is 2. The van der Waals surface area contributed by atoms with Gasteiger partial charge in [0.25, 0.3) is 0 Å². The van der Waals surface area contributed by atoms with E-state index in [2.05, 4.69) is 59.3 Å². The predicted octanol–water partition coefficient (Wildman–Crippen LogP) is 4.70. The number of rotatable bonds is 6. The average Bonchev–Trinajstić information content (AvgIpc) is 3.05. The number of imidazole rings is 1. The molecule has 1 heterocycles. The molecule has 1 unspecified atom stereocenters. The Hall–Kier alpha value is -3.14. The third-order valence-corrected chi connectivity index (χ3v) is 5.28. The van der Waals surface area contributed by atoms with Crippen molar-refractivity contribution in [2.45, 2.75) is 39.3 Å². The first kappa shape index (κ1) is 18.2. The Morgan fingerprint density at radius 1 is 1.04 bits per heavy atom. The van der Waals surface area contributed by atoms with Gasteiger partial charge in [-0.3, -0.25) is 4.79 Å². The molecule has 28 heavy (non-hydrogen) atoms. The number of para-hydroxylation sites is 2. The number of carbonyl (C=O) groups is 1. The third kappa shape index (κ3) is 3.63. The van der Waals surface area contributed by atoms with Gasteiger partial charge in [0.05, 0.1) is 11.0 Å². The molecule has 3 aromatic carbocycles. The Morgan fingerprint density at radius 3 is 2.64 bits per heavy atom. The Kier molecular flexibility index (Phi) is 5.11. The van der Waals surface area contributed by atoms with E-state index in [9.17, 15) is 4.79 Å². The van der Waals surface area contributed by atoms with Crippen LogP contribution in [0.25, 0.3) is 21.8 Å². The molecule has 0 aliphatic carbocycles. The Balaban J connectivity index is 1.73. The van der Waals surface area contributed by atoms with Crippen LogP contribution in [0.4, 0.5) is 0 Å². The van der Waals surface area contributed by atoms with Gasteiger partial charge in [-0.05, 0) is 41.8 Å². The number of benzene rings is 3. The highest BCUT2D eigenvalue weighted by molar-refractivity contribution is 5.86. The van der Waals surface area contributed by atoms with Crippen LogP contribution in [0.15, 0.2) is 66.7 Å². The van der Waals surface area contributed by atoms with Crippen molar-refractivity contribution >= 4 is 27.7 Å². The molecule has 1 atom stereocenters. The summed E-state index contributed by atoms with van der Waals surface area (Å²) >= 11 is 0. The lowest BCUT2D eigenvalue weighted by atomic mass is 10.0. The van der Waals surface area contributed by atoms with Gasteiger partial charge in [-0.1, -0.05) is 61.5 Å². The molecule has 1 N–H and O–H groups in total. The Labute approximate surface area is 165 Å². The number of nitrogens with one attached hydrogen (secondary N) is 1. The minimum Gasteiger partial charge on any atom is -0.352 e. The van der Waals surface area contributed by atoms with Crippen LogP contribution in [-0.4, -0.2) is 21.5 Å². The summed E-state index contributed by atoms with van der Waals surface area (Å²) in [5.41, 5.74) is 3.14. The first-order chi connectivity index (χ1) is 13.7. The van der Waals surface area contributed by atoms with Crippen molar-refractivity contribution in [1.82, 2.24) is 14.9 Å². The van der Waals surface area contributed by atoms with E-state index in [1.807, 2.05) is 31.2 Å². The Morgan fingerprint density at radius 2 is 1.79 bits per heavy atom. The summed E-state index contributed by atoms with van der Waals surface area (Å²) in [6.07, 6.45) is 1.60. The molecule has 0 aliphatic heterocycles. The molecule has 1 amide bonds. The number of amides is 1. The van der Waals surface area contributed by atoms with Crippen molar-refractivity contribution in [2.24, 2.45) is 0 Å². The first-order valence-corrected chi connectivity index (χ1v) is 9.86. The van der Waals surface area contributed by atoms with Gasteiger partial charge < -0.3 is 9.88 Å². The van der Waals surface area contributed by atoms with E-state index < -0.39 is 0 Å². The van der Waals surface area contributed by atoms with Gasteiger partial charge in [-0.15, -0.1) is 0 Å². The second-order valence-corrected chi connectivity index (χ2v) is 7.29. The fourth-order valence-corrected chi connectivity index (χ4v) is 3.62. The second-order valence-electron chi connectivity index (χ2n) is 7.29. The van der Waals surface area contributed by atoms with Crippen LogP contribution in [0, 0.1) is 0 Å². The zero-order valence-corrected chi connectivity index (χ0v) is 16.4. The van der Waals surface area contributed by atoms with Gasteiger partial charge in [0.1, 0.15) is 12.4 Å². The van der Waals surface area contributed by atoms with Crippen LogP contribution < -0.4 is 5.32 Å². The van der Waals surface area contributed by atoms with Crippen LogP contribution in [0.5, 0.6) is 0 Å². The summed E-state index contributed by atoms with van der Waals surface area (Å²) in [6.45, 7) is 4.38. The van der Waals surface area contributed by atoms with Crippen molar-refractivity contribution in [1.29, 1.82) is 0 Å². The number of aromatic nitrogens is 2. The van der Waals surface area contributed by atoms with E-state index in [1.54, 1.807) is 0 Å². The van der Waals surface area contributed by atoms with E-state index in [4.69, 9.17) is 4.98 Å². The van der Waals surface area contributed by atoms with Gasteiger partial charge in [-0.25, -0.2) is 4.98 Å². The van der Waals surface area contributed by atoms with Crippen LogP contribution in [0.2, 0.25) is 0 Å². The summed E-state index contributed by atoms with van der Waals surface area (Å²) in [4.78, 5) is 17.4. The van der Waals surface area contributed by atoms with Crippen molar-refractivity contribution in [3.63, 3.8) is 0 Å². The van der Waals surface area contributed by atoms with Gasteiger partial charge >= 0.3 is 0 Å².